The Morgan fingerprint density at radius 2 is 1.87 bits per heavy atom. The highest BCUT2D eigenvalue weighted by atomic mass is 16.5. The van der Waals surface area contributed by atoms with Gasteiger partial charge in [0.15, 0.2) is 11.5 Å². The van der Waals surface area contributed by atoms with Gasteiger partial charge in [-0.05, 0) is 23.8 Å². The van der Waals surface area contributed by atoms with Crippen LogP contribution in [0.3, 0.4) is 0 Å². The van der Waals surface area contributed by atoms with E-state index in [1.807, 2.05) is 48.7 Å². The van der Waals surface area contributed by atoms with Gasteiger partial charge in [0.1, 0.15) is 5.69 Å². The van der Waals surface area contributed by atoms with Crippen LogP contribution in [0.5, 0.6) is 11.5 Å². The van der Waals surface area contributed by atoms with Gasteiger partial charge in [0.05, 0.1) is 14.2 Å². The molecule has 2 aromatic heterocycles. The second-order valence-electron chi connectivity index (χ2n) is 6.94. The lowest BCUT2D eigenvalue weighted by atomic mass is 9.89. The van der Waals surface area contributed by atoms with Crippen LogP contribution < -0.4 is 20.3 Å². The number of carbonyl (C=O) groups excluding carboxylic acids is 1. The number of benzene rings is 2. The molecule has 0 bridgehead atoms. The van der Waals surface area contributed by atoms with E-state index < -0.39 is 0 Å². The SMILES string of the molecule is COc1cccc(C(CNC(=O)c2ccc(=O)[nH]n2)c2c[nH]c3ccccc23)c1OC. The van der Waals surface area contributed by atoms with E-state index >= 15 is 0 Å². The number of aromatic nitrogens is 3. The van der Waals surface area contributed by atoms with Gasteiger partial charge in [0, 0.05) is 41.2 Å². The standard InChI is InChI=1S/C23H22N4O4/c1-30-20-9-5-7-15(22(20)31-2)17(16-12-24-18-8-4-3-6-14(16)18)13-25-23(29)19-10-11-21(28)27-26-19/h3-12,17,24H,13H2,1-2H3,(H,25,29)(H,27,28). The fraction of sp³-hybridized carbons (Fsp3) is 0.174. The van der Waals surface area contributed by atoms with Gasteiger partial charge in [0.25, 0.3) is 11.5 Å². The Morgan fingerprint density at radius 1 is 1.03 bits per heavy atom. The molecule has 0 aliphatic heterocycles. The van der Waals surface area contributed by atoms with Crippen molar-refractivity contribution in [3.8, 4) is 11.5 Å². The lowest BCUT2D eigenvalue weighted by molar-refractivity contribution is 0.0946. The molecule has 2 heterocycles. The summed E-state index contributed by atoms with van der Waals surface area (Å²) >= 11 is 0. The first-order valence-electron chi connectivity index (χ1n) is 9.73. The number of amides is 1. The van der Waals surface area contributed by atoms with Gasteiger partial charge >= 0.3 is 0 Å². The maximum absolute atomic E-state index is 12.6. The molecule has 0 radical (unpaired) electrons. The van der Waals surface area contributed by atoms with Crippen molar-refractivity contribution in [2.45, 2.75) is 5.92 Å². The van der Waals surface area contributed by atoms with Gasteiger partial charge in [-0.2, -0.15) is 5.10 Å². The molecule has 0 aliphatic rings. The highest BCUT2D eigenvalue weighted by molar-refractivity contribution is 5.92. The first-order valence-corrected chi connectivity index (χ1v) is 9.73. The first-order chi connectivity index (χ1) is 15.1. The van der Waals surface area contributed by atoms with E-state index in [1.54, 1.807) is 14.2 Å². The number of para-hydroxylation sites is 2. The molecule has 0 saturated carbocycles. The number of fused-ring (bicyclic) bond motifs is 1. The molecule has 158 valence electrons. The fourth-order valence-electron chi connectivity index (χ4n) is 3.71. The Bertz CT molecular complexity index is 1260. The third-order valence-electron chi connectivity index (χ3n) is 5.18. The quantitative estimate of drug-likeness (QED) is 0.428. The zero-order chi connectivity index (χ0) is 21.8. The number of H-pyrrole nitrogens is 2. The van der Waals surface area contributed by atoms with Crippen molar-refractivity contribution in [1.29, 1.82) is 0 Å². The summed E-state index contributed by atoms with van der Waals surface area (Å²) in [4.78, 5) is 27.2. The van der Waals surface area contributed by atoms with Crippen LogP contribution >= 0.6 is 0 Å². The zero-order valence-electron chi connectivity index (χ0n) is 17.1. The lowest BCUT2D eigenvalue weighted by Gasteiger charge is -2.22. The Labute approximate surface area is 178 Å². The molecule has 0 spiro atoms. The molecule has 8 heteroatoms. The van der Waals surface area contributed by atoms with Crippen molar-refractivity contribution >= 4 is 16.8 Å². The van der Waals surface area contributed by atoms with Crippen LogP contribution in [0, 0.1) is 0 Å². The van der Waals surface area contributed by atoms with Crippen LogP contribution in [-0.2, 0) is 0 Å². The average Bonchev–Trinajstić information content (AvgIpc) is 3.23. The molecule has 0 fully saturated rings. The Kier molecular flexibility index (Phi) is 5.70. The van der Waals surface area contributed by atoms with Crippen molar-refractivity contribution in [1.82, 2.24) is 20.5 Å². The van der Waals surface area contributed by atoms with Crippen molar-refractivity contribution in [2.24, 2.45) is 0 Å². The minimum absolute atomic E-state index is 0.134. The van der Waals surface area contributed by atoms with Crippen LogP contribution in [0.2, 0.25) is 0 Å². The monoisotopic (exact) mass is 418 g/mol. The molecular weight excluding hydrogens is 396 g/mol. The average molecular weight is 418 g/mol. The number of ether oxygens (including phenoxy) is 2. The highest BCUT2D eigenvalue weighted by Gasteiger charge is 2.24. The Balaban J connectivity index is 1.74. The number of rotatable bonds is 7. The Hall–Kier alpha value is -4.07. The molecule has 4 rings (SSSR count). The molecule has 1 amide bonds. The minimum Gasteiger partial charge on any atom is -0.493 e. The largest absolute Gasteiger partial charge is 0.493 e. The Morgan fingerprint density at radius 3 is 2.61 bits per heavy atom. The van der Waals surface area contributed by atoms with Gasteiger partial charge < -0.3 is 19.8 Å². The second kappa shape index (κ2) is 8.74. The summed E-state index contributed by atoms with van der Waals surface area (Å²) in [6, 6.07) is 16.3. The third-order valence-corrected chi connectivity index (χ3v) is 5.18. The van der Waals surface area contributed by atoms with E-state index in [1.165, 1.54) is 12.1 Å². The number of carbonyl (C=O) groups is 1. The molecule has 1 unspecified atom stereocenters. The van der Waals surface area contributed by atoms with Gasteiger partial charge in [-0.1, -0.05) is 30.3 Å². The summed E-state index contributed by atoms with van der Waals surface area (Å²) in [7, 11) is 3.18. The fourth-order valence-corrected chi connectivity index (χ4v) is 3.71. The third kappa shape index (κ3) is 4.00. The van der Waals surface area contributed by atoms with Crippen LogP contribution in [0.25, 0.3) is 10.9 Å². The normalized spacial score (nSPS) is 11.8. The van der Waals surface area contributed by atoms with Gasteiger partial charge in [-0.25, -0.2) is 5.10 Å². The predicted molar refractivity (Wildman–Crippen MR) is 117 cm³/mol. The number of nitrogens with one attached hydrogen (secondary N) is 3. The zero-order valence-corrected chi connectivity index (χ0v) is 17.1. The van der Waals surface area contributed by atoms with Crippen molar-refractivity contribution in [3.05, 3.63) is 88.0 Å². The lowest BCUT2D eigenvalue weighted by Crippen LogP contribution is -2.30. The molecule has 2 aromatic carbocycles. The first kappa shape index (κ1) is 20.2. The maximum Gasteiger partial charge on any atom is 0.271 e. The summed E-state index contributed by atoms with van der Waals surface area (Å²) in [5, 5.41) is 10.1. The number of hydrogen-bond acceptors (Lipinski definition) is 5. The molecule has 0 aliphatic carbocycles. The number of aromatic amines is 2. The smallest absolute Gasteiger partial charge is 0.271 e. The molecule has 1 atom stereocenters. The number of nitrogens with zero attached hydrogens (tertiary/aromatic N) is 1. The number of methoxy groups -OCH3 is 2. The van der Waals surface area contributed by atoms with Crippen LogP contribution in [0.1, 0.15) is 27.5 Å². The van der Waals surface area contributed by atoms with Gasteiger partial charge in [-0.3, -0.25) is 9.59 Å². The van der Waals surface area contributed by atoms with E-state index in [4.69, 9.17) is 9.47 Å². The van der Waals surface area contributed by atoms with Crippen LogP contribution in [-0.4, -0.2) is 41.9 Å². The van der Waals surface area contributed by atoms with Crippen LogP contribution in [0.4, 0.5) is 0 Å². The highest BCUT2D eigenvalue weighted by Crippen LogP contribution is 2.40. The van der Waals surface area contributed by atoms with Crippen molar-refractivity contribution in [3.63, 3.8) is 0 Å². The summed E-state index contributed by atoms with van der Waals surface area (Å²) in [5.41, 5.74) is 2.65. The van der Waals surface area contributed by atoms with E-state index in [0.29, 0.717) is 11.5 Å². The summed E-state index contributed by atoms with van der Waals surface area (Å²) in [5.74, 6) is 0.603. The summed E-state index contributed by atoms with van der Waals surface area (Å²) in [6.07, 6.45) is 1.94. The maximum atomic E-state index is 12.6. The molecule has 0 saturated heterocycles. The van der Waals surface area contributed by atoms with E-state index in [-0.39, 0.29) is 29.6 Å². The van der Waals surface area contributed by atoms with Gasteiger partial charge in [-0.15, -0.1) is 0 Å². The molecule has 4 aromatic rings. The van der Waals surface area contributed by atoms with E-state index in [0.717, 1.165) is 22.0 Å². The van der Waals surface area contributed by atoms with Crippen molar-refractivity contribution < 1.29 is 14.3 Å². The predicted octanol–water partition coefficient (Wildman–Crippen LogP) is 2.83. The summed E-state index contributed by atoms with van der Waals surface area (Å²) < 4.78 is 11.1. The summed E-state index contributed by atoms with van der Waals surface area (Å²) in [6.45, 7) is 0.283. The minimum atomic E-state index is -0.386. The number of hydrogen-bond donors (Lipinski definition) is 3. The van der Waals surface area contributed by atoms with E-state index in [2.05, 4.69) is 20.5 Å². The molecule has 31 heavy (non-hydrogen) atoms. The van der Waals surface area contributed by atoms with E-state index in [9.17, 15) is 9.59 Å². The molecule has 8 nitrogen and oxygen atoms in total. The topological polar surface area (TPSA) is 109 Å². The second-order valence-corrected chi connectivity index (χ2v) is 6.94. The van der Waals surface area contributed by atoms with Crippen LogP contribution in [0.15, 0.2) is 65.6 Å². The molecule has 3 N–H and O–H groups in total. The van der Waals surface area contributed by atoms with Crippen molar-refractivity contribution in [2.75, 3.05) is 20.8 Å². The van der Waals surface area contributed by atoms with Gasteiger partial charge in [0.2, 0.25) is 0 Å². The molecular formula is C23H22N4O4.